The molecule has 1 unspecified atom stereocenters. The van der Waals surface area contributed by atoms with Crippen molar-refractivity contribution in [1.82, 2.24) is 10.3 Å². The lowest BCUT2D eigenvalue weighted by Crippen LogP contribution is -2.31. The smallest absolute Gasteiger partial charge is 0.227 e. The highest BCUT2D eigenvalue weighted by molar-refractivity contribution is 5.83. The van der Waals surface area contributed by atoms with Gasteiger partial charge in [-0.3, -0.25) is 9.78 Å². The van der Waals surface area contributed by atoms with Gasteiger partial charge in [0.05, 0.1) is 5.92 Å². The van der Waals surface area contributed by atoms with Crippen LogP contribution in [0.2, 0.25) is 0 Å². The van der Waals surface area contributed by atoms with Gasteiger partial charge in [0.1, 0.15) is 0 Å². The zero-order valence-corrected chi connectivity index (χ0v) is 9.65. The molecule has 88 valence electrons. The highest BCUT2D eigenvalue weighted by atomic mass is 16.1. The summed E-state index contributed by atoms with van der Waals surface area (Å²) in [6, 6.07) is 3.75. The Balaban J connectivity index is 2.71. The molecule has 0 radical (unpaired) electrons. The molecule has 0 spiro atoms. The predicted octanol–water partition coefficient (Wildman–Crippen LogP) is 1.04. The van der Waals surface area contributed by atoms with Gasteiger partial charge in [-0.15, -0.1) is 0 Å². The van der Waals surface area contributed by atoms with Crippen LogP contribution in [0.1, 0.15) is 31.2 Å². The summed E-state index contributed by atoms with van der Waals surface area (Å²) in [6.07, 6.45) is 5.02. The van der Waals surface area contributed by atoms with E-state index in [1.807, 2.05) is 19.1 Å². The lowest BCUT2D eigenvalue weighted by Gasteiger charge is -2.15. The number of hydrogen-bond donors (Lipinski definition) is 2. The van der Waals surface area contributed by atoms with Crippen LogP contribution in [0.15, 0.2) is 24.5 Å². The minimum Gasteiger partial charge on any atom is -0.356 e. The number of pyridine rings is 1. The average molecular weight is 221 g/mol. The van der Waals surface area contributed by atoms with Crippen LogP contribution in [0.4, 0.5) is 0 Å². The van der Waals surface area contributed by atoms with Gasteiger partial charge in [-0.2, -0.15) is 0 Å². The fraction of sp³-hybridized carbons (Fsp3) is 0.500. The van der Waals surface area contributed by atoms with Crippen molar-refractivity contribution in [2.45, 2.75) is 25.7 Å². The third kappa shape index (κ3) is 3.62. The van der Waals surface area contributed by atoms with Crippen LogP contribution < -0.4 is 11.1 Å². The molecular formula is C12H19N3O. The molecule has 0 bridgehead atoms. The number of rotatable bonds is 6. The molecular weight excluding hydrogens is 202 g/mol. The number of aromatic nitrogens is 1. The van der Waals surface area contributed by atoms with Gasteiger partial charge in [0, 0.05) is 18.9 Å². The standard InChI is InChI=1S/C12H19N3O/c1-2-7-15-12(16)11(5-6-13)10-4-3-8-14-9-10/h3-4,8-9,11H,2,5-7,13H2,1H3,(H,15,16). The van der Waals surface area contributed by atoms with Crippen molar-refractivity contribution in [1.29, 1.82) is 0 Å². The van der Waals surface area contributed by atoms with Crippen LogP contribution in [0.3, 0.4) is 0 Å². The molecule has 4 nitrogen and oxygen atoms in total. The Kier molecular flexibility index (Phi) is 5.50. The Morgan fingerprint density at radius 1 is 1.62 bits per heavy atom. The highest BCUT2D eigenvalue weighted by Gasteiger charge is 2.19. The van der Waals surface area contributed by atoms with E-state index in [0.29, 0.717) is 19.5 Å². The molecule has 3 N–H and O–H groups in total. The zero-order chi connectivity index (χ0) is 11.8. The summed E-state index contributed by atoms with van der Waals surface area (Å²) in [7, 11) is 0. The van der Waals surface area contributed by atoms with Crippen molar-refractivity contribution >= 4 is 5.91 Å². The number of nitrogens with zero attached hydrogens (tertiary/aromatic N) is 1. The Bertz CT molecular complexity index is 313. The number of nitrogens with two attached hydrogens (primary N) is 1. The molecule has 0 saturated carbocycles. The van der Waals surface area contributed by atoms with Gasteiger partial charge in [0.25, 0.3) is 0 Å². The first kappa shape index (κ1) is 12.6. The van der Waals surface area contributed by atoms with Crippen LogP contribution in [-0.2, 0) is 4.79 Å². The summed E-state index contributed by atoms with van der Waals surface area (Å²) < 4.78 is 0. The van der Waals surface area contributed by atoms with Gasteiger partial charge < -0.3 is 11.1 Å². The van der Waals surface area contributed by atoms with Crippen molar-refractivity contribution in [2.75, 3.05) is 13.1 Å². The molecule has 0 aromatic carbocycles. The largest absolute Gasteiger partial charge is 0.356 e. The van der Waals surface area contributed by atoms with Crippen LogP contribution in [0, 0.1) is 0 Å². The van der Waals surface area contributed by atoms with Crippen molar-refractivity contribution in [2.24, 2.45) is 5.73 Å². The molecule has 1 aromatic rings. The van der Waals surface area contributed by atoms with Crippen molar-refractivity contribution in [3.8, 4) is 0 Å². The van der Waals surface area contributed by atoms with Crippen molar-refractivity contribution < 1.29 is 4.79 Å². The number of carbonyl (C=O) groups is 1. The second-order valence-corrected chi connectivity index (χ2v) is 3.71. The normalized spacial score (nSPS) is 12.1. The van der Waals surface area contributed by atoms with E-state index in [4.69, 9.17) is 5.73 Å². The fourth-order valence-corrected chi connectivity index (χ4v) is 1.57. The van der Waals surface area contributed by atoms with E-state index in [9.17, 15) is 4.79 Å². The Hall–Kier alpha value is -1.42. The van der Waals surface area contributed by atoms with Gasteiger partial charge >= 0.3 is 0 Å². The monoisotopic (exact) mass is 221 g/mol. The van der Waals surface area contributed by atoms with E-state index in [1.165, 1.54) is 0 Å². The minimum absolute atomic E-state index is 0.0419. The average Bonchev–Trinajstić information content (AvgIpc) is 2.34. The molecule has 1 heterocycles. The quantitative estimate of drug-likeness (QED) is 0.754. The maximum Gasteiger partial charge on any atom is 0.227 e. The van der Waals surface area contributed by atoms with Crippen molar-refractivity contribution in [3.05, 3.63) is 30.1 Å². The topological polar surface area (TPSA) is 68.0 Å². The van der Waals surface area contributed by atoms with Gasteiger partial charge in [-0.05, 0) is 31.0 Å². The SMILES string of the molecule is CCCNC(=O)C(CCN)c1cccnc1. The molecule has 1 aromatic heterocycles. The van der Waals surface area contributed by atoms with Gasteiger partial charge in [-0.25, -0.2) is 0 Å². The van der Waals surface area contributed by atoms with Gasteiger partial charge in [0.15, 0.2) is 0 Å². The lowest BCUT2D eigenvalue weighted by molar-refractivity contribution is -0.122. The molecule has 1 atom stereocenters. The van der Waals surface area contributed by atoms with E-state index < -0.39 is 0 Å². The number of hydrogen-bond acceptors (Lipinski definition) is 3. The molecule has 1 rings (SSSR count). The van der Waals surface area contributed by atoms with Crippen molar-refractivity contribution in [3.63, 3.8) is 0 Å². The molecule has 0 aliphatic carbocycles. The maximum atomic E-state index is 11.9. The molecule has 16 heavy (non-hydrogen) atoms. The lowest BCUT2D eigenvalue weighted by atomic mass is 9.96. The number of amides is 1. The molecule has 0 aliphatic rings. The van der Waals surface area contributed by atoms with Gasteiger partial charge in [-0.1, -0.05) is 13.0 Å². The maximum absolute atomic E-state index is 11.9. The Labute approximate surface area is 96.3 Å². The summed E-state index contributed by atoms with van der Waals surface area (Å²) in [5.74, 6) is -0.134. The van der Waals surface area contributed by atoms with E-state index in [-0.39, 0.29) is 11.8 Å². The van der Waals surface area contributed by atoms with Crippen LogP contribution >= 0.6 is 0 Å². The summed E-state index contributed by atoms with van der Waals surface area (Å²) in [5, 5.41) is 2.89. The van der Waals surface area contributed by atoms with E-state index >= 15 is 0 Å². The third-order valence-electron chi connectivity index (χ3n) is 2.41. The first-order chi connectivity index (χ1) is 7.79. The molecule has 4 heteroatoms. The van der Waals surface area contributed by atoms with Crippen LogP contribution in [0.5, 0.6) is 0 Å². The first-order valence-electron chi connectivity index (χ1n) is 5.67. The van der Waals surface area contributed by atoms with E-state index in [2.05, 4.69) is 10.3 Å². The second kappa shape index (κ2) is 6.95. The molecule has 0 saturated heterocycles. The van der Waals surface area contributed by atoms with E-state index in [1.54, 1.807) is 12.4 Å². The summed E-state index contributed by atoms with van der Waals surface area (Å²) in [6.45, 7) is 3.24. The summed E-state index contributed by atoms with van der Waals surface area (Å²) in [4.78, 5) is 15.9. The fourth-order valence-electron chi connectivity index (χ4n) is 1.57. The first-order valence-corrected chi connectivity index (χ1v) is 5.67. The Morgan fingerprint density at radius 2 is 2.44 bits per heavy atom. The third-order valence-corrected chi connectivity index (χ3v) is 2.41. The predicted molar refractivity (Wildman–Crippen MR) is 64.0 cm³/mol. The summed E-state index contributed by atoms with van der Waals surface area (Å²) in [5.41, 5.74) is 6.46. The van der Waals surface area contributed by atoms with Gasteiger partial charge in [0.2, 0.25) is 5.91 Å². The molecule has 0 aliphatic heterocycles. The Morgan fingerprint density at radius 3 is 3.00 bits per heavy atom. The van der Waals surface area contributed by atoms with Crippen LogP contribution in [-0.4, -0.2) is 24.0 Å². The zero-order valence-electron chi connectivity index (χ0n) is 9.65. The number of carbonyl (C=O) groups excluding carboxylic acids is 1. The minimum atomic E-state index is -0.176. The molecule has 1 amide bonds. The number of nitrogens with one attached hydrogen (secondary N) is 1. The van der Waals surface area contributed by atoms with E-state index in [0.717, 1.165) is 12.0 Å². The summed E-state index contributed by atoms with van der Waals surface area (Å²) >= 11 is 0. The highest BCUT2D eigenvalue weighted by Crippen LogP contribution is 2.17. The van der Waals surface area contributed by atoms with Crippen LogP contribution in [0.25, 0.3) is 0 Å². The molecule has 0 fully saturated rings. The second-order valence-electron chi connectivity index (χ2n) is 3.71.